The molecule has 0 aliphatic rings. The molecule has 0 aromatic carbocycles. The maximum absolute atomic E-state index is 11.6. The average Bonchev–Trinajstić information content (AvgIpc) is 2.23. The van der Waals surface area contributed by atoms with E-state index in [9.17, 15) is 4.79 Å². The summed E-state index contributed by atoms with van der Waals surface area (Å²) in [6.45, 7) is 10.5. The molecule has 0 unspecified atom stereocenters. The lowest BCUT2D eigenvalue weighted by Gasteiger charge is -2.20. The van der Waals surface area contributed by atoms with Crippen molar-refractivity contribution in [2.75, 3.05) is 26.7 Å². The van der Waals surface area contributed by atoms with E-state index in [1.54, 1.807) is 0 Å². The van der Waals surface area contributed by atoms with Crippen LogP contribution >= 0.6 is 0 Å². The third-order valence-electron chi connectivity index (χ3n) is 2.89. The molecule has 0 aromatic heterocycles. The minimum absolute atomic E-state index is 0.0795. The molecule has 0 spiro atoms. The van der Waals surface area contributed by atoms with Crippen LogP contribution < -0.4 is 0 Å². The first-order valence-corrected chi connectivity index (χ1v) is 5.79. The molecule has 0 amide bonds. The van der Waals surface area contributed by atoms with E-state index in [0.29, 0.717) is 6.61 Å². The summed E-state index contributed by atoms with van der Waals surface area (Å²) < 4.78 is 5.23. The summed E-state index contributed by atoms with van der Waals surface area (Å²) in [6.07, 6.45) is 1.73. The van der Waals surface area contributed by atoms with Crippen molar-refractivity contribution in [2.45, 2.75) is 40.5 Å². The van der Waals surface area contributed by atoms with Gasteiger partial charge in [0.25, 0.3) is 0 Å². The summed E-state index contributed by atoms with van der Waals surface area (Å²) in [7, 11) is 2.07. The van der Waals surface area contributed by atoms with E-state index in [-0.39, 0.29) is 11.4 Å². The number of carbonyl (C=O) groups excluding carboxylic acids is 1. The van der Waals surface area contributed by atoms with Crippen LogP contribution in [0.2, 0.25) is 0 Å². The summed E-state index contributed by atoms with van der Waals surface area (Å²) >= 11 is 0. The van der Waals surface area contributed by atoms with Gasteiger partial charge >= 0.3 is 5.97 Å². The topological polar surface area (TPSA) is 29.5 Å². The molecule has 0 saturated carbocycles. The molecule has 0 atom stereocenters. The Labute approximate surface area is 93.8 Å². The lowest BCUT2D eigenvalue weighted by molar-refractivity contribution is -0.154. The highest BCUT2D eigenvalue weighted by atomic mass is 16.5. The Morgan fingerprint density at radius 2 is 1.93 bits per heavy atom. The molecule has 3 heteroatoms. The first kappa shape index (κ1) is 14.4. The normalized spacial score (nSPS) is 11.9. The van der Waals surface area contributed by atoms with Gasteiger partial charge in [-0.1, -0.05) is 13.8 Å². The second kappa shape index (κ2) is 6.83. The highest BCUT2D eigenvalue weighted by molar-refractivity contribution is 5.75. The summed E-state index contributed by atoms with van der Waals surface area (Å²) in [5, 5.41) is 0. The Morgan fingerprint density at radius 1 is 1.33 bits per heavy atom. The van der Waals surface area contributed by atoms with Crippen molar-refractivity contribution in [1.82, 2.24) is 4.90 Å². The summed E-state index contributed by atoms with van der Waals surface area (Å²) in [6, 6.07) is 0. The molecule has 3 nitrogen and oxygen atoms in total. The maximum Gasteiger partial charge on any atom is 0.311 e. The Bertz CT molecular complexity index is 190. The predicted molar refractivity (Wildman–Crippen MR) is 62.8 cm³/mol. The van der Waals surface area contributed by atoms with Gasteiger partial charge in [-0.15, -0.1) is 0 Å². The molecule has 0 aromatic rings. The van der Waals surface area contributed by atoms with Gasteiger partial charge < -0.3 is 9.64 Å². The number of ether oxygens (including phenoxy) is 1. The zero-order valence-corrected chi connectivity index (χ0v) is 10.8. The molecule has 0 heterocycles. The second-order valence-corrected chi connectivity index (χ2v) is 4.62. The lowest BCUT2D eigenvalue weighted by Crippen LogP contribution is -2.27. The Hall–Kier alpha value is -0.570. The third kappa shape index (κ3) is 5.78. The number of hydrogen-bond acceptors (Lipinski definition) is 3. The van der Waals surface area contributed by atoms with E-state index in [2.05, 4.69) is 18.9 Å². The molecule has 90 valence electrons. The minimum atomic E-state index is -0.337. The van der Waals surface area contributed by atoms with E-state index in [4.69, 9.17) is 4.74 Å². The molecular formula is C12H25NO2. The Morgan fingerprint density at radius 3 is 2.40 bits per heavy atom. The molecule has 0 bridgehead atoms. The molecular weight excluding hydrogens is 190 g/mol. The van der Waals surface area contributed by atoms with Crippen LogP contribution in [0.25, 0.3) is 0 Å². The fraction of sp³-hybridized carbons (Fsp3) is 0.917. The van der Waals surface area contributed by atoms with E-state index in [0.717, 1.165) is 25.9 Å². The van der Waals surface area contributed by atoms with Crippen LogP contribution in [0.1, 0.15) is 40.5 Å². The highest BCUT2D eigenvalue weighted by Crippen LogP contribution is 2.21. The number of esters is 1. The first-order chi connectivity index (χ1) is 6.94. The van der Waals surface area contributed by atoms with Gasteiger partial charge in [0.1, 0.15) is 0 Å². The van der Waals surface area contributed by atoms with E-state index >= 15 is 0 Å². The predicted octanol–water partition coefficient (Wildman–Crippen LogP) is 2.31. The fourth-order valence-corrected chi connectivity index (χ4v) is 0.997. The van der Waals surface area contributed by atoms with Gasteiger partial charge in [0.15, 0.2) is 0 Å². The van der Waals surface area contributed by atoms with Crippen LogP contribution in [0, 0.1) is 5.41 Å². The molecule has 0 fully saturated rings. The van der Waals surface area contributed by atoms with Crippen molar-refractivity contribution in [1.29, 1.82) is 0 Å². The van der Waals surface area contributed by atoms with Gasteiger partial charge in [-0.3, -0.25) is 4.79 Å². The van der Waals surface area contributed by atoms with Crippen LogP contribution in [-0.4, -0.2) is 37.6 Å². The summed E-state index contributed by atoms with van der Waals surface area (Å²) in [4.78, 5) is 13.8. The van der Waals surface area contributed by atoms with Crippen molar-refractivity contribution in [3.8, 4) is 0 Å². The average molecular weight is 215 g/mol. The lowest BCUT2D eigenvalue weighted by atomic mass is 9.91. The molecule has 0 aliphatic heterocycles. The van der Waals surface area contributed by atoms with Crippen molar-refractivity contribution in [3.05, 3.63) is 0 Å². The first-order valence-electron chi connectivity index (χ1n) is 5.79. The van der Waals surface area contributed by atoms with Crippen LogP contribution in [-0.2, 0) is 9.53 Å². The fourth-order valence-electron chi connectivity index (χ4n) is 0.997. The minimum Gasteiger partial charge on any atom is -0.465 e. The maximum atomic E-state index is 11.6. The molecule has 15 heavy (non-hydrogen) atoms. The number of hydrogen-bond donors (Lipinski definition) is 0. The van der Waals surface area contributed by atoms with Gasteiger partial charge in [0.05, 0.1) is 12.0 Å². The van der Waals surface area contributed by atoms with Crippen molar-refractivity contribution >= 4 is 5.97 Å². The monoisotopic (exact) mass is 215 g/mol. The molecule has 0 rings (SSSR count). The highest BCUT2D eigenvalue weighted by Gasteiger charge is 2.26. The van der Waals surface area contributed by atoms with Crippen LogP contribution in [0.4, 0.5) is 0 Å². The quantitative estimate of drug-likeness (QED) is 0.482. The summed E-state index contributed by atoms with van der Waals surface area (Å²) in [5.41, 5.74) is -0.337. The Balaban J connectivity index is 3.64. The van der Waals surface area contributed by atoms with Crippen molar-refractivity contribution < 1.29 is 9.53 Å². The second-order valence-electron chi connectivity index (χ2n) is 4.62. The number of rotatable bonds is 7. The standard InChI is InChI=1S/C12H25NO2/c1-6-12(3,4)11(14)15-10-8-9-13(5)7-2/h6-10H2,1-5H3. The number of carbonyl (C=O) groups is 1. The van der Waals surface area contributed by atoms with Crippen LogP contribution in [0.5, 0.6) is 0 Å². The van der Waals surface area contributed by atoms with E-state index in [1.165, 1.54) is 0 Å². The van der Waals surface area contributed by atoms with Gasteiger partial charge in [-0.2, -0.15) is 0 Å². The van der Waals surface area contributed by atoms with Gasteiger partial charge in [-0.25, -0.2) is 0 Å². The van der Waals surface area contributed by atoms with Crippen molar-refractivity contribution in [3.63, 3.8) is 0 Å². The molecule has 0 N–H and O–H groups in total. The van der Waals surface area contributed by atoms with Crippen molar-refractivity contribution in [2.24, 2.45) is 5.41 Å². The Kier molecular flexibility index (Phi) is 6.57. The zero-order chi connectivity index (χ0) is 11.9. The van der Waals surface area contributed by atoms with E-state index < -0.39 is 0 Å². The van der Waals surface area contributed by atoms with Gasteiger partial charge in [-0.05, 0) is 40.3 Å². The molecule has 0 radical (unpaired) electrons. The van der Waals surface area contributed by atoms with Gasteiger partial charge in [0.2, 0.25) is 0 Å². The van der Waals surface area contributed by atoms with E-state index in [1.807, 2.05) is 20.8 Å². The van der Waals surface area contributed by atoms with Crippen LogP contribution in [0.15, 0.2) is 0 Å². The zero-order valence-electron chi connectivity index (χ0n) is 10.8. The largest absolute Gasteiger partial charge is 0.465 e. The number of nitrogens with zero attached hydrogens (tertiary/aromatic N) is 1. The van der Waals surface area contributed by atoms with Gasteiger partial charge in [0, 0.05) is 6.54 Å². The smallest absolute Gasteiger partial charge is 0.311 e. The SMILES string of the molecule is CCN(C)CCCOC(=O)C(C)(C)CC. The molecule has 0 aliphatic carbocycles. The summed E-state index contributed by atoms with van der Waals surface area (Å²) in [5.74, 6) is -0.0795. The third-order valence-corrected chi connectivity index (χ3v) is 2.89. The molecule has 0 saturated heterocycles. The van der Waals surface area contributed by atoms with Crippen LogP contribution in [0.3, 0.4) is 0 Å².